The summed E-state index contributed by atoms with van der Waals surface area (Å²) in [7, 11) is 3.17. The molecule has 1 aromatic heterocycles. The highest BCUT2D eigenvalue weighted by atomic mass is 16.3. The van der Waals surface area contributed by atoms with Crippen molar-refractivity contribution in [3.8, 4) is 0 Å². The molecule has 0 bridgehead atoms. The fourth-order valence-electron chi connectivity index (χ4n) is 2.93. The molecule has 1 aliphatic carbocycles. The Morgan fingerprint density at radius 3 is 2.50 bits per heavy atom. The van der Waals surface area contributed by atoms with Crippen LogP contribution in [0.15, 0.2) is 15.7 Å². The largest absolute Gasteiger partial charge is 0.395 e. The number of aliphatic hydroxyl groups excluding tert-OH is 1. The number of hydrogen-bond acceptors (Lipinski definition) is 4. The molecule has 0 aliphatic heterocycles. The van der Waals surface area contributed by atoms with Gasteiger partial charge in [0.15, 0.2) is 0 Å². The summed E-state index contributed by atoms with van der Waals surface area (Å²) in [5.74, 6) is 0. The molecule has 0 saturated heterocycles. The predicted molar refractivity (Wildman–Crippen MR) is 76.7 cm³/mol. The zero-order valence-electron chi connectivity index (χ0n) is 12.2. The molecule has 1 N–H and O–H groups in total. The average Bonchev–Trinajstić information content (AvgIpc) is 2.95. The minimum absolute atomic E-state index is 0.0925. The van der Waals surface area contributed by atoms with Crippen LogP contribution in [0, 0.1) is 0 Å². The third-order valence-corrected chi connectivity index (χ3v) is 4.22. The maximum absolute atomic E-state index is 11.9. The molecule has 1 aromatic rings. The van der Waals surface area contributed by atoms with Gasteiger partial charge in [-0.05, 0) is 12.8 Å². The highest BCUT2D eigenvalue weighted by Crippen LogP contribution is 2.24. The van der Waals surface area contributed by atoms with Gasteiger partial charge < -0.3 is 5.11 Å². The first-order chi connectivity index (χ1) is 9.54. The fraction of sp³-hybridized carbons (Fsp3) is 0.714. The number of rotatable bonds is 5. The molecule has 0 amide bonds. The molecule has 1 saturated carbocycles. The molecule has 20 heavy (non-hydrogen) atoms. The van der Waals surface area contributed by atoms with Crippen molar-refractivity contribution in [2.75, 3.05) is 13.2 Å². The van der Waals surface area contributed by atoms with Crippen molar-refractivity contribution in [3.63, 3.8) is 0 Å². The smallest absolute Gasteiger partial charge is 0.330 e. The lowest BCUT2D eigenvalue weighted by atomic mass is 10.2. The van der Waals surface area contributed by atoms with Gasteiger partial charge in [-0.2, -0.15) is 0 Å². The molecule has 0 atom stereocenters. The van der Waals surface area contributed by atoms with Gasteiger partial charge in [0.25, 0.3) is 5.56 Å². The molecular formula is C14H23N3O3. The highest BCUT2D eigenvalue weighted by molar-refractivity contribution is 5.03. The fourth-order valence-corrected chi connectivity index (χ4v) is 2.93. The van der Waals surface area contributed by atoms with Crippen molar-refractivity contribution in [2.45, 2.75) is 38.3 Å². The highest BCUT2D eigenvalue weighted by Gasteiger charge is 2.23. The lowest BCUT2D eigenvalue weighted by Gasteiger charge is -2.28. The molecule has 112 valence electrons. The number of hydrogen-bond donors (Lipinski definition) is 1. The Labute approximate surface area is 118 Å². The first-order valence-electron chi connectivity index (χ1n) is 7.15. The van der Waals surface area contributed by atoms with Gasteiger partial charge in [0.1, 0.15) is 0 Å². The van der Waals surface area contributed by atoms with E-state index in [2.05, 4.69) is 4.90 Å². The van der Waals surface area contributed by atoms with E-state index in [1.54, 1.807) is 7.05 Å². The summed E-state index contributed by atoms with van der Waals surface area (Å²) in [5.41, 5.74) is 0.125. The van der Waals surface area contributed by atoms with Crippen LogP contribution in [-0.4, -0.2) is 38.3 Å². The Hall–Kier alpha value is -1.40. The standard InChI is InChI=1S/C14H23N3O3/c1-15-12(9-13(19)16(2)14(15)20)10-17(7-8-18)11-5-3-4-6-11/h9,11,18H,3-8,10H2,1-2H3. The first-order valence-corrected chi connectivity index (χ1v) is 7.15. The van der Waals surface area contributed by atoms with Crippen molar-refractivity contribution in [2.24, 2.45) is 14.1 Å². The summed E-state index contributed by atoms with van der Waals surface area (Å²) in [5, 5.41) is 9.22. The van der Waals surface area contributed by atoms with Crippen LogP contribution in [0.2, 0.25) is 0 Å². The summed E-state index contributed by atoms with van der Waals surface area (Å²) < 4.78 is 2.62. The van der Waals surface area contributed by atoms with Crippen molar-refractivity contribution in [1.82, 2.24) is 14.0 Å². The second-order valence-electron chi connectivity index (χ2n) is 5.51. The van der Waals surface area contributed by atoms with Gasteiger partial charge in [-0.3, -0.25) is 18.8 Å². The van der Waals surface area contributed by atoms with Crippen LogP contribution in [0.1, 0.15) is 31.4 Å². The number of aromatic nitrogens is 2. The van der Waals surface area contributed by atoms with E-state index in [0.717, 1.165) is 17.4 Å². The molecule has 6 heteroatoms. The topological polar surface area (TPSA) is 67.5 Å². The Kier molecular flexibility index (Phi) is 4.77. The number of aliphatic hydroxyl groups is 1. The Morgan fingerprint density at radius 2 is 1.90 bits per heavy atom. The van der Waals surface area contributed by atoms with Crippen molar-refractivity contribution in [3.05, 3.63) is 32.6 Å². The van der Waals surface area contributed by atoms with E-state index < -0.39 is 0 Å². The maximum Gasteiger partial charge on any atom is 0.330 e. The lowest BCUT2D eigenvalue weighted by molar-refractivity contribution is 0.141. The molecule has 2 rings (SSSR count). The van der Waals surface area contributed by atoms with Crippen molar-refractivity contribution in [1.29, 1.82) is 0 Å². The molecular weight excluding hydrogens is 258 g/mol. The number of nitrogens with zero attached hydrogens (tertiary/aromatic N) is 3. The molecule has 0 aromatic carbocycles. The molecule has 1 fully saturated rings. The van der Waals surface area contributed by atoms with Gasteiger partial charge in [0.05, 0.1) is 6.61 Å². The second-order valence-corrected chi connectivity index (χ2v) is 5.51. The molecule has 1 aliphatic rings. The molecule has 0 unspecified atom stereocenters. The van der Waals surface area contributed by atoms with Gasteiger partial charge >= 0.3 is 5.69 Å². The molecule has 0 spiro atoms. The van der Waals surface area contributed by atoms with Crippen LogP contribution in [0.25, 0.3) is 0 Å². The van der Waals surface area contributed by atoms with Crippen LogP contribution >= 0.6 is 0 Å². The lowest BCUT2D eigenvalue weighted by Crippen LogP contribution is -2.41. The van der Waals surface area contributed by atoms with Crippen molar-refractivity contribution < 1.29 is 5.11 Å². The zero-order chi connectivity index (χ0) is 14.7. The average molecular weight is 281 g/mol. The summed E-state index contributed by atoms with van der Waals surface area (Å²) >= 11 is 0. The predicted octanol–water partition coefficient (Wildman–Crippen LogP) is -0.179. The normalized spacial score (nSPS) is 16.2. The van der Waals surface area contributed by atoms with E-state index in [4.69, 9.17) is 0 Å². The SMILES string of the molecule is Cn1c(CN(CCO)C2CCCC2)cc(=O)n(C)c1=O. The summed E-state index contributed by atoms with van der Waals surface area (Å²) in [6, 6.07) is 1.96. The van der Waals surface area contributed by atoms with Crippen LogP contribution in [0.5, 0.6) is 0 Å². The van der Waals surface area contributed by atoms with Gasteiger partial charge in [-0.1, -0.05) is 12.8 Å². The zero-order valence-corrected chi connectivity index (χ0v) is 12.2. The molecule has 6 nitrogen and oxygen atoms in total. The first kappa shape index (κ1) is 15.0. The molecule has 0 radical (unpaired) electrons. The van der Waals surface area contributed by atoms with E-state index in [1.165, 1.54) is 30.5 Å². The van der Waals surface area contributed by atoms with E-state index >= 15 is 0 Å². The Balaban J connectivity index is 2.26. The van der Waals surface area contributed by atoms with Gasteiger partial charge in [-0.15, -0.1) is 0 Å². The van der Waals surface area contributed by atoms with E-state index in [-0.39, 0.29) is 17.9 Å². The van der Waals surface area contributed by atoms with Gasteiger partial charge in [0, 0.05) is 45.0 Å². The van der Waals surface area contributed by atoms with E-state index in [0.29, 0.717) is 24.8 Å². The monoisotopic (exact) mass is 281 g/mol. The van der Waals surface area contributed by atoms with E-state index in [1.807, 2.05) is 0 Å². The van der Waals surface area contributed by atoms with Crippen LogP contribution in [-0.2, 0) is 20.6 Å². The quantitative estimate of drug-likeness (QED) is 0.813. The maximum atomic E-state index is 11.9. The second kappa shape index (κ2) is 6.37. The van der Waals surface area contributed by atoms with Crippen LogP contribution in [0.3, 0.4) is 0 Å². The van der Waals surface area contributed by atoms with Crippen molar-refractivity contribution >= 4 is 0 Å². The third kappa shape index (κ3) is 3.02. The summed E-state index contributed by atoms with van der Waals surface area (Å²) in [6.45, 7) is 1.20. The van der Waals surface area contributed by atoms with Gasteiger partial charge in [-0.25, -0.2) is 4.79 Å². The van der Waals surface area contributed by atoms with Gasteiger partial charge in [0.2, 0.25) is 0 Å². The minimum atomic E-state index is -0.303. The van der Waals surface area contributed by atoms with E-state index in [9.17, 15) is 14.7 Å². The van der Waals surface area contributed by atoms with Crippen LogP contribution < -0.4 is 11.2 Å². The summed E-state index contributed by atoms with van der Waals surface area (Å²) in [6.07, 6.45) is 4.67. The minimum Gasteiger partial charge on any atom is -0.395 e. The third-order valence-electron chi connectivity index (χ3n) is 4.22. The Morgan fingerprint density at radius 1 is 1.25 bits per heavy atom. The van der Waals surface area contributed by atoms with Crippen LogP contribution in [0.4, 0.5) is 0 Å². The summed E-state index contributed by atoms with van der Waals surface area (Å²) in [4.78, 5) is 25.9. The molecule has 1 heterocycles. The Bertz CT molecular complexity index is 570.